The van der Waals surface area contributed by atoms with Gasteiger partial charge in [-0.15, -0.1) is 0 Å². The number of piperazine rings is 1. The molecular weight excluding hydrogens is 250 g/mol. The van der Waals surface area contributed by atoms with Gasteiger partial charge in [-0.1, -0.05) is 13.8 Å². The molecule has 0 aromatic carbocycles. The number of carbonyl (C=O) groups excluding carboxylic acids is 1. The second-order valence-electron chi connectivity index (χ2n) is 7.34. The van der Waals surface area contributed by atoms with Crippen molar-refractivity contribution in [2.24, 2.45) is 11.3 Å². The summed E-state index contributed by atoms with van der Waals surface area (Å²) in [6.07, 6.45) is 2.36. The molecule has 0 bridgehead atoms. The molecule has 0 aromatic heterocycles. The van der Waals surface area contributed by atoms with E-state index in [1.807, 2.05) is 0 Å². The lowest BCUT2D eigenvalue weighted by Gasteiger charge is -2.46. The highest BCUT2D eigenvalue weighted by atomic mass is 16.2. The van der Waals surface area contributed by atoms with E-state index in [2.05, 4.69) is 49.9 Å². The monoisotopic (exact) mass is 281 g/mol. The van der Waals surface area contributed by atoms with Gasteiger partial charge in [-0.2, -0.15) is 0 Å². The average molecular weight is 281 g/mol. The second kappa shape index (κ2) is 6.02. The molecule has 0 spiro atoms. The lowest BCUT2D eigenvalue weighted by Crippen LogP contribution is -2.59. The van der Waals surface area contributed by atoms with Crippen LogP contribution >= 0.6 is 0 Å². The topological polar surface area (TPSA) is 35.6 Å². The van der Waals surface area contributed by atoms with Gasteiger partial charge in [-0.25, -0.2) is 0 Å². The number of rotatable bonds is 2. The minimum Gasteiger partial charge on any atom is -0.339 e. The summed E-state index contributed by atoms with van der Waals surface area (Å²) in [5, 5.41) is 3.44. The number of nitrogens with one attached hydrogen (secondary N) is 1. The van der Waals surface area contributed by atoms with Crippen LogP contribution in [0.2, 0.25) is 0 Å². The van der Waals surface area contributed by atoms with E-state index in [-0.39, 0.29) is 5.41 Å². The predicted octanol–water partition coefficient (Wildman–Crippen LogP) is 1.56. The van der Waals surface area contributed by atoms with Gasteiger partial charge in [0, 0.05) is 30.6 Å². The Morgan fingerprint density at radius 2 is 1.80 bits per heavy atom. The third-order valence-electron chi connectivity index (χ3n) is 5.52. The molecule has 4 nitrogen and oxygen atoms in total. The van der Waals surface area contributed by atoms with E-state index >= 15 is 0 Å². The molecule has 0 saturated carbocycles. The Morgan fingerprint density at radius 3 is 2.30 bits per heavy atom. The first-order valence-electron chi connectivity index (χ1n) is 8.06. The highest BCUT2D eigenvalue weighted by molar-refractivity contribution is 5.82. The average Bonchev–Trinajstić information content (AvgIpc) is 2.44. The Kier molecular flexibility index (Phi) is 4.75. The van der Waals surface area contributed by atoms with Crippen LogP contribution in [-0.4, -0.2) is 61.0 Å². The van der Waals surface area contributed by atoms with Gasteiger partial charge in [0.25, 0.3) is 0 Å². The number of likely N-dealkylation sites (N-methyl/N-ethyl adjacent to an activating group) is 1. The summed E-state index contributed by atoms with van der Waals surface area (Å²) in [4.78, 5) is 17.5. The fourth-order valence-electron chi connectivity index (χ4n) is 3.62. The minimum atomic E-state index is -0.247. The molecule has 2 fully saturated rings. The SMILES string of the molecule is CC1CN(C(=O)C(C)(C)C2CCCNC2)CC(C)N1C. The molecule has 2 saturated heterocycles. The van der Waals surface area contributed by atoms with Gasteiger partial charge >= 0.3 is 0 Å². The van der Waals surface area contributed by atoms with Crippen molar-refractivity contribution < 1.29 is 4.79 Å². The molecular formula is C16H31N3O. The smallest absolute Gasteiger partial charge is 0.228 e. The summed E-state index contributed by atoms with van der Waals surface area (Å²) in [5.74, 6) is 0.812. The maximum absolute atomic E-state index is 13.0. The molecule has 116 valence electrons. The summed E-state index contributed by atoms with van der Waals surface area (Å²) >= 11 is 0. The lowest BCUT2D eigenvalue weighted by molar-refractivity contribution is -0.147. The van der Waals surface area contributed by atoms with Gasteiger partial charge in [0.05, 0.1) is 0 Å². The van der Waals surface area contributed by atoms with Gasteiger partial charge in [-0.05, 0) is 52.7 Å². The molecule has 0 aromatic rings. The molecule has 3 atom stereocenters. The first kappa shape index (κ1) is 15.8. The Balaban J connectivity index is 2.05. The van der Waals surface area contributed by atoms with Crippen molar-refractivity contribution in [2.75, 3.05) is 33.2 Å². The van der Waals surface area contributed by atoms with Crippen LogP contribution in [-0.2, 0) is 4.79 Å². The van der Waals surface area contributed by atoms with Gasteiger partial charge in [0.1, 0.15) is 0 Å². The number of nitrogens with zero attached hydrogens (tertiary/aromatic N) is 2. The zero-order valence-corrected chi connectivity index (χ0v) is 13.8. The van der Waals surface area contributed by atoms with Crippen molar-refractivity contribution in [3.8, 4) is 0 Å². The maximum Gasteiger partial charge on any atom is 0.228 e. The van der Waals surface area contributed by atoms with Crippen molar-refractivity contribution in [1.29, 1.82) is 0 Å². The largest absolute Gasteiger partial charge is 0.339 e. The molecule has 2 rings (SSSR count). The number of carbonyl (C=O) groups is 1. The number of piperidine rings is 1. The minimum absolute atomic E-state index is 0.247. The normalized spacial score (nSPS) is 33.2. The number of hydrogen-bond acceptors (Lipinski definition) is 3. The Morgan fingerprint density at radius 1 is 1.20 bits per heavy atom. The highest BCUT2D eigenvalue weighted by Gasteiger charge is 2.42. The van der Waals surface area contributed by atoms with E-state index in [1.165, 1.54) is 12.8 Å². The van der Waals surface area contributed by atoms with E-state index in [0.717, 1.165) is 26.2 Å². The summed E-state index contributed by atoms with van der Waals surface area (Å²) in [6.45, 7) is 12.5. The third-order valence-corrected chi connectivity index (χ3v) is 5.52. The van der Waals surface area contributed by atoms with Crippen LogP contribution < -0.4 is 5.32 Å². The molecule has 4 heteroatoms. The molecule has 20 heavy (non-hydrogen) atoms. The van der Waals surface area contributed by atoms with Gasteiger partial charge in [0.2, 0.25) is 5.91 Å². The molecule has 3 unspecified atom stereocenters. The van der Waals surface area contributed by atoms with Crippen LogP contribution in [0.4, 0.5) is 0 Å². The van der Waals surface area contributed by atoms with Crippen molar-refractivity contribution >= 4 is 5.91 Å². The summed E-state index contributed by atoms with van der Waals surface area (Å²) < 4.78 is 0. The van der Waals surface area contributed by atoms with Crippen LogP contribution in [0.5, 0.6) is 0 Å². The molecule has 1 amide bonds. The summed E-state index contributed by atoms with van der Waals surface area (Å²) in [5.41, 5.74) is -0.247. The molecule has 1 N–H and O–H groups in total. The first-order chi connectivity index (χ1) is 9.34. The van der Waals surface area contributed by atoms with E-state index in [0.29, 0.717) is 23.9 Å². The Bertz CT molecular complexity index is 338. The van der Waals surface area contributed by atoms with E-state index in [9.17, 15) is 4.79 Å². The van der Waals surface area contributed by atoms with Gasteiger partial charge in [-0.3, -0.25) is 9.69 Å². The maximum atomic E-state index is 13.0. The number of hydrogen-bond donors (Lipinski definition) is 1. The van der Waals surface area contributed by atoms with Gasteiger partial charge in [0.15, 0.2) is 0 Å². The first-order valence-corrected chi connectivity index (χ1v) is 8.06. The lowest BCUT2D eigenvalue weighted by atomic mass is 9.73. The Labute approximate surface area is 123 Å². The second-order valence-corrected chi connectivity index (χ2v) is 7.34. The molecule has 0 radical (unpaired) electrons. The van der Waals surface area contributed by atoms with E-state index in [4.69, 9.17) is 0 Å². The van der Waals surface area contributed by atoms with Crippen LogP contribution in [0.3, 0.4) is 0 Å². The molecule has 2 heterocycles. The molecule has 0 aliphatic carbocycles. The van der Waals surface area contributed by atoms with E-state index in [1.54, 1.807) is 0 Å². The zero-order valence-electron chi connectivity index (χ0n) is 13.8. The zero-order chi connectivity index (χ0) is 14.9. The van der Waals surface area contributed by atoms with Crippen LogP contribution in [0.25, 0.3) is 0 Å². The fourth-order valence-corrected chi connectivity index (χ4v) is 3.62. The summed E-state index contributed by atoms with van der Waals surface area (Å²) in [7, 11) is 2.16. The standard InChI is InChI=1S/C16H31N3O/c1-12-10-19(11-13(2)18(12)5)15(20)16(3,4)14-7-6-8-17-9-14/h12-14,17H,6-11H2,1-5H3. The molecule has 2 aliphatic heterocycles. The van der Waals surface area contributed by atoms with Crippen molar-refractivity contribution in [3.05, 3.63) is 0 Å². The predicted molar refractivity (Wildman–Crippen MR) is 82.6 cm³/mol. The van der Waals surface area contributed by atoms with Gasteiger partial charge < -0.3 is 10.2 Å². The van der Waals surface area contributed by atoms with Crippen molar-refractivity contribution in [2.45, 2.75) is 52.6 Å². The summed E-state index contributed by atoms with van der Waals surface area (Å²) in [6, 6.07) is 0.894. The fraction of sp³-hybridized carbons (Fsp3) is 0.938. The van der Waals surface area contributed by atoms with Crippen molar-refractivity contribution in [3.63, 3.8) is 0 Å². The van der Waals surface area contributed by atoms with Crippen LogP contribution in [0.1, 0.15) is 40.5 Å². The number of amides is 1. The highest BCUT2D eigenvalue weighted by Crippen LogP contribution is 2.34. The van der Waals surface area contributed by atoms with E-state index < -0.39 is 0 Å². The molecule has 2 aliphatic rings. The van der Waals surface area contributed by atoms with Crippen LogP contribution in [0.15, 0.2) is 0 Å². The third kappa shape index (κ3) is 3.01. The quantitative estimate of drug-likeness (QED) is 0.834. The Hall–Kier alpha value is -0.610. The van der Waals surface area contributed by atoms with Crippen molar-refractivity contribution in [1.82, 2.24) is 15.1 Å². The van der Waals surface area contributed by atoms with Crippen LogP contribution in [0, 0.1) is 11.3 Å².